The summed E-state index contributed by atoms with van der Waals surface area (Å²) in [4.78, 5) is 39.3. The number of fused-ring (bicyclic) bond motifs is 1. The second-order valence-corrected chi connectivity index (χ2v) is 6.34. The quantitative estimate of drug-likeness (QED) is 0.787. The summed E-state index contributed by atoms with van der Waals surface area (Å²) in [6, 6.07) is 5.25. The third-order valence-electron chi connectivity index (χ3n) is 4.65. The summed E-state index contributed by atoms with van der Waals surface area (Å²) in [5.74, 6) is -0.755. The first kappa shape index (κ1) is 16.6. The van der Waals surface area contributed by atoms with Crippen molar-refractivity contribution in [3.05, 3.63) is 29.3 Å². The van der Waals surface area contributed by atoms with Crippen LogP contribution in [0.2, 0.25) is 0 Å². The van der Waals surface area contributed by atoms with E-state index in [4.69, 9.17) is 0 Å². The SMILES string of the molecule is CNC1CCCN(CC(=O)Nc2ccc3c(c2)C(=O)N(C)C3=O)C1. The highest BCUT2D eigenvalue weighted by molar-refractivity contribution is 6.21. The average Bonchev–Trinajstić information content (AvgIpc) is 2.79. The number of benzene rings is 1. The van der Waals surface area contributed by atoms with Crippen molar-refractivity contribution in [2.75, 3.05) is 39.0 Å². The Kier molecular flexibility index (Phi) is 4.64. The van der Waals surface area contributed by atoms with E-state index in [9.17, 15) is 14.4 Å². The number of anilines is 1. The Morgan fingerprint density at radius 1 is 1.25 bits per heavy atom. The van der Waals surface area contributed by atoms with Gasteiger partial charge in [0.15, 0.2) is 0 Å². The van der Waals surface area contributed by atoms with Crippen molar-refractivity contribution in [1.29, 1.82) is 0 Å². The monoisotopic (exact) mass is 330 g/mol. The van der Waals surface area contributed by atoms with Crippen molar-refractivity contribution in [2.45, 2.75) is 18.9 Å². The Hall–Kier alpha value is -2.25. The van der Waals surface area contributed by atoms with E-state index in [0.717, 1.165) is 30.8 Å². The number of nitrogens with one attached hydrogen (secondary N) is 2. The van der Waals surface area contributed by atoms with Crippen molar-refractivity contribution in [3.8, 4) is 0 Å². The van der Waals surface area contributed by atoms with E-state index < -0.39 is 0 Å². The van der Waals surface area contributed by atoms with Crippen LogP contribution in [-0.2, 0) is 4.79 Å². The number of carbonyl (C=O) groups is 3. The molecule has 0 aliphatic carbocycles. The Morgan fingerprint density at radius 3 is 2.75 bits per heavy atom. The molecule has 0 spiro atoms. The number of likely N-dealkylation sites (tertiary alicyclic amines) is 1. The van der Waals surface area contributed by atoms with Crippen LogP contribution in [0.1, 0.15) is 33.6 Å². The van der Waals surface area contributed by atoms with Crippen LogP contribution in [0.15, 0.2) is 18.2 Å². The normalized spacial score (nSPS) is 21.1. The van der Waals surface area contributed by atoms with E-state index in [0.29, 0.717) is 29.4 Å². The van der Waals surface area contributed by atoms with Crippen LogP contribution in [0.25, 0.3) is 0 Å². The number of hydrogen-bond donors (Lipinski definition) is 2. The number of carbonyl (C=O) groups excluding carboxylic acids is 3. The molecule has 7 nitrogen and oxygen atoms in total. The van der Waals surface area contributed by atoms with Crippen LogP contribution in [0.5, 0.6) is 0 Å². The summed E-state index contributed by atoms with van der Waals surface area (Å²) in [6.07, 6.45) is 2.20. The average molecular weight is 330 g/mol. The molecule has 7 heteroatoms. The summed E-state index contributed by atoms with van der Waals surface area (Å²) in [7, 11) is 3.39. The van der Waals surface area contributed by atoms with Crippen molar-refractivity contribution in [2.24, 2.45) is 0 Å². The summed E-state index contributed by atoms with van der Waals surface area (Å²) in [5, 5.41) is 6.07. The summed E-state index contributed by atoms with van der Waals surface area (Å²) in [5.41, 5.74) is 1.26. The van der Waals surface area contributed by atoms with Gasteiger partial charge in [0, 0.05) is 25.3 Å². The molecule has 0 radical (unpaired) electrons. The van der Waals surface area contributed by atoms with Gasteiger partial charge in [-0.05, 0) is 44.6 Å². The van der Waals surface area contributed by atoms with Gasteiger partial charge in [-0.1, -0.05) is 0 Å². The van der Waals surface area contributed by atoms with Gasteiger partial charge in [0.1, 0.15) is 0 Å². The number of piperidine rings is 1. The van der Waals surface area contributed by atoms with Crippen molar-refractivity contribution < 1.29 is 14.4 Å². The molecule has 1 atom stereocenters. The van der Waals surface area contributed by atoms with Crippen LogP contribution in [0.3, 0.4) is 0 Å². The topological polar surface area (TPSA) is 81.8 Å². The number of rotatable bonds is 4. The summed E-state index contributed by atoms with van der Waals surface area (Å²) in [6.45, 7) is 2.08. The molecule has 0 bridgehead atoms. The maximum atomic E-state index is 12.3. The molecule has 3 rings (SSSR count). The zero-order chi connectivity index (χ0) is 17.3. The lowest BCUT2D eigenvalue weighted by Gasteiger charge is -2.31. The molecule has 2 aliphatic heterocycles. The number of hydrogen-bond acceptors (Lipinski definition) is 5. The lowest BCUT2D eigenvalue weighted by atomic mass is 10.1. The number of amides is 3. The summed E-state index contributed by atoms with van der Waals surface area (Å²) < 4.78 is 0. The first-order valence-corrected chi connectivity index (χ1v) is 8.15. The molecular formula is C17H22N4O3. The minimum Gasteiger partial charge on any atom is -0.325 e. The second kappa shape index (κ2) is 6.70. The zero-order valence-electron chi connectivity index (χ0n) is 14.0. The molecule has 1 unspecified atom stereocenters. The third-order valence-corrected chi connectivity index (χ3v) is 4.65. The summed E-state index contributed by atoms with van der Waals surface area (Å²) >= 11 is 0. The van der Waals surface area contributed by atoms with Crippen LogP contribution in [0.4, 0.5) is 5.69 Å². The van der Waals surface area contributed by atoms with Crippen LogP contribution < -0.4 is 10.6 Å². The van der Waals surface area contributed by atoms with E-state index in [1.165, 1.54) is 7.05 Å². The Morgan fingerprint density at radius 2 is 2.00 bits per heavy atom. The predicted molar refractivity (Wildman–Crippen MR) is 90.0 cm³/mol. The molecule has 1 fully saturated rings. The van der Waals surface area contributed by atoms with Gasteiger partial charge in [0.05, 0.1) is 17.7 Å². The Balaban J connectivity index is 1.64. The van der Waals surface area contributed by atoms with E-state index in [1.54, 1.807) is 18.2 Å². The highest BCUT2D eigenvalue weighted by Gasteiger charge is 2.32. The van der Waals surface area contributed by atoms with E-state index in [1.807, 2.05) is 7.05 Å². The number of imide groups is 1. The molecule has 2 heterocycles. The molecular weight excluding hydrogens is 308 g/mol. The number of likely N-dealkylation sites (N-methyl/N-ethyl adjacent to an activating group) is 1. The molecule has 0 saturated carbocycles. The molecule has 0 aromatic heterocycles. The Bertz CT molecular complexity index is 688. The molecule has 2 aliphatic rings. The fourth-order valence-electron chi connectivity index (χ4n) is 3.28. The van der Waals surface area contributed by atoms with E-state index in [-0.39, 0.29) is 17.7 Å². The largest absolute Gasteiger partial charge is 0.325 e. The molecule has 1 aromatic carbocycles. The molecule has 24 heavy (non-hydrogen) atoms. The standard InChI is InChI=1S/C17H22N4O3/c1-18-12-4-3-7-21(9-12)10-15(22)19-11-5-6-13-14(8-11)17(24)20(2)16(13)23/h5-6,8,12,18H,3-4,7,9-10H2,1-2H3,(H,19,22). The van der Waals surface area contributed by atoms with Crippen LogP contribution >= 0.6 is 0 Å². The van der Waals surface area contributed by atoms with Gasteiger partial charge >= 0.3 is 0 Å². The van der Waals surface area contributed by atoms with Gasteiger partial charge in [0.25, 0.3) is 11.8 Å². The Labute approximate surface area is 141 Å². The fraction of sp³-hybridized carbons (Fsp3) is 0.471. The minimum atomic E-state index is -0.334. The van der Waals surface area contributed by atoms with Crippen molar-refractivity contribution >= 4 is 23.4 Å². The fourth-order valence-corrected chi connectivity index (χ4v) is 3.28. The second-order valence-electron chi connectivity index (χ2n) is 6.34. The smallest absolute Gasteiger partial charge is 0.261 e. The maximum absolute atomic E-state index is 12.3. The molecule has 1 aromatic rings. The molecule has 2 N–H and O–H groups in total. The highest BCUT2D eigenvalue weighted by Crippen LogP contribution is 2.24. The number of nitrogens with zero attached hydrogens (tertiary/aromatic N) is 2. The first-order valence-electron chi connectivity index (χ1n) is 8.15. The van der Waals surface area contributed by atoms with Gasteiger partial charge in [-0.15, -0.1) is 0 Å². The van der Waals surface area contributed by atoms with Crippen molar-refractivity contribution in [1.82, 2.24) is 15.1 Å². The predicted octanol–water partition coefficient (Wildman–Crippen LogP) is 0.535. The van der Waals surface area contributed by atoms with Crippen molar-refractivity contribution in [3.63, 3.8) is 0 Å². The van der Waals surface area contributed by atoms with Crippen LogP contribution in [-0.4, -0.2) is 67.3 Å². The molecule has 3 amide bonds. The maximum Gasteiger partial charge on any atom is 0.261 e. The third kappa shape index (κ3) is 3.18. The zero-order valence-corrected chi connectivity index (χ0v) is 14.0. The lowest BCUT2D eigenvalue weighted by molar-refractivity contribution is -0.117. The van der Waals surface area contributed by atoms with Gasteiger partial charge in [-0.3, -0.25) is 24.2 Å². The molecule has 1 saturated heterocycles. The van der Waals surface area contributed by atoms with E-state index >= 15 is 0 Å². The van der Waals surface area contributed by atoms with Crippen LogP contribution in [0, 0.1) is 0 Å². The van der Waals surface area contributed by atoms with Gasteiger partial charge < -0.3 is 10.6 Å². The molecule has 128 valence electrons. The van der Waals surface area contributed by atoms with E-state index in [2.05, 4.69) is 15.5 Å². The van der Waals surface area contributed by atoms with Gasteiger partial charge in [0.2, 0.25) is 5.91 Å². The minimum absolute atomic E-state index is 0.114. The highest BCUT2D eigenvalue weighted by atomic mass is 16.2. The van der Waals surface area contributed by atoms with Gasteiger partial charge in [-0.2, -0.15) is 0 Å². The first-order chi connectivity index (χ1) is 11.5. The van der Waals surface area contributed by atoms with Gasteiger partial charge in [-0.25, -0.2) is 0 Å². The lowest BCUT2D eigenvalue weighted by Crippen LogP contribution is -2.46.